The van der Waals surface area contributed by atoms with Crippen molar-refractivity contribution in [2.24, 2.45) is 5.73 Å². The summed E-state index contributed by atoms with van der Waals surface area (Å²) in [4.78, 5) is 0. The van der Waals surface area contributed by atoms with Crippen molar-refractivity contribution in [3.05, 3.63) is 27.7 Å². The van der Waals surface area contributed by atoms with Crippen molar-refractivity contribution in [2.45, 2.75) is 38.7 Å². The summed E-state index contributed by atoms with van der Waals surface area (Å²) in [6.07, 6.45) is 4.54. The molecule has 1 aliphatic heterocycles. The van der Waals surface area contributed by atoms with Gasteiger partial charge in [0.15, 0.2) is 0 Å². The van der Waals surface area contributed by atoms with Gasteiger partial charge in [0.25, 0.3) is 0 Å². The van der Waals surface area contributed by atoms with Crippen molar-refractivity contribution >= 4 is 15.9 Å². The van der Waals surface area contributed by atoms with Crippen molar-refractivity contribution in [1.82, 2.24) is 0 Å². The van der Waals surface area contributed by atoms with Gasteiger partial charge in [-0.1, -0.05) is 15.9 Å². The molecule has 2 N–H and O–H groups in total. The molecule has 0 bridgehead atoms. The van der Waals surface area contributed by atoms with E-state index in [1.165, 1.54) is 18.4 Å². The molecule has 2 rings (SSSR count). The van der Waals surface area contributed by atoms with E-state index in [1.54, 1.807) is 0 Å². The lowest BCUT2D eigenvalue weighted by atomic mass is 10.1. The fourth-order valence-corrected chi connectivity index (χ4v) is 3.13. The van der Waals surface area contributed by atoms with Crippen molar-refractivity contribution < 1.29 is 9.47 Å². The van der Waals surface area contributed by atoms with Crippen LogP contribution in [0.15, 0.2) is 16.6 Å². The number of ether oxygens (including phenoxy) is 2. The first kappa shape index (κ1) is 14.8. The van der Waals surface area contributed by atoms with Crippen molar-refractivity contribution in [3.63, 3.8) is 0 Å². The molecule has 1 heterocycles. The van der Waals surface area contributed by atoms with Gasteiger partial charge in [-0.25, -0.2) is 0 Å². The zero-order valence-corrected chi connectivity index (χ0v) is 13.0. The molecule has 0 aromatic heterocycles. The molecule has 1 unspecified atom stereocenters. The zero-order chi connectivity index (χ0) is 13.7. The van der Waals surface area contributed by atoms with Crippen LogP contribution in [-0.4, -0.2) is 25.9 Å². The highest BCUT2D eigenvalue weighted by molar-refractivity contribution is 9.10. The predicted molar refractivity (Wildman–Crippen MR) is 80.7 cm³/mol. The summed E-state index contributed by atoms with van der Waals surface area (Å²) >= 11 is 3.52. The number of halogens is 1. The van der Waals surface area contributed by atoms with Gasteiger partial charge in [0, 0.05) is 17.5 Å². The molecule has 0 amide bonds. The van der Waals surface area contributed by atoms with E-state index in [1.807, 2.05) is 0 Å². The summed E-state index contributed by atoms with van der Waals surface area (Å²) in [5.41, 5.74) is 8.01. The number of hydrogen-bond acceptors (Lipinski definition) is 3. The standard InChI is InChI=1S/C15H22BrNO2/c1-11-9-13(16)10-12(4-6-17)15(11)19-8-5-14-3-2-7-18-14/h9-10,14H,2-8,17H2,1H3. The van der Waals surface area contributed by atoms with Gasteiger partial charge >= 0.3 is 0 Å². The van der Waals surface area contributed by atoms with Gasteiger partial charge in [-0.15, -0.1) is 0 Å². The monoisotopic (exact) mass is 327 g/mol. The van der Waals surface area contributed by atoms with Crippen molar-refractivity contribution in [1.29, 1.82) is 0 Å². The summed E-state index contributed by atoms with van der Waals surface area (Å²) in [6, 6.07) is 4.18. The zero-order valence-electron chi connectivity index (χ0n) is 11.5. The number of hydrogen-bond donors (Lipinski definition) is 1. The van der Waals surface area contributed by atoms with Gasteiger partial charge < -0.3 is 15.2 Å². The Kier molecular flexibility index (Phi) is 5.67. The van der Waals surface area contributed by atoms with Crippen LogP contribution >= 0.6 is 15.9 Å². The molecule has 0 spiro atoms. The van der Waals surface area contributed by atoms with E-state index >= 15 is 0 Å². The van der Waals surface area contributed by atoms with E-state index in [0.29, 0.717) is 19.3 Å². The molecule has 1 aliphatic rings. The van der Waals surface area contributed by atoms with Crippen LogP contribution in [-0.2, 0) is 11.2 Å². The van der Waals surface area contributed by atoms with Crippen LogP contribution < -0.4 is 10.5 Å². The average molecular weight is 328 g/mol. The molecule has 1 fully saturated rings. The van der Waals surface area contributed by atoms with Gasteiger partial charge in [-0.05, 0) is 56.0 Å². The first-order valence-corrected chi connectivity index (χ1v) is 7.73. The lowest BCUT2D eigenvalue weighted by Gasteiger charge is -2.16. The number of benzene rings is 1. The third-order valence-electron chi connectivity index (χ3n) is 3.44. The predicted octanol–water partition coefficient (Wildman–Crippen LogP) is 3.21. The van der Waals surface area contributed by atoms with E-state index in [2.05, 4.69) is 35.0 Å². The smallest absolute Gasteiger partial charge is 0.125 e. The maximum atomic E-state index is 5.98. The second-order valence-corrected chi connectivity index (χ2v) is 5.94. The molecular formula is C15H22BrNO2. The number of aryl methyl sites for hydroxylation is 1. The lowest BCUT2D eigenvalue weighted by molar-refractivity contribution is 0.0901. The van der Waals surface area contributed by atoms with Gasteiger partial charge in [0.2, 0.25) is 0 Å². The Hall–Kier alpha value is -0.580. The van der Waals surface area contributed by atoms with Crippen LogP contribution in [0.3, 0.4) is 0 Å². The molecule has 3 nitrogen and oxygen atoms in total. The van der Waals surface area contributed by atoms with E-state index in [9.17, 15) is 0 Å². The fourth-order valence-electron chi connectivity index (χ4n) is 2.51. The quantitative estimate of drug-likeness (QED) is 0.872. The van der Waals surface area contributed by atoms with Crippen LogP contribution in [0.1, 0.15) is 30.4 Å². The Morgan fingerprint density at radius 1 is 1.47 bits per heavy atom. The minimum absolute atomic E-state index is 0.383. The van der Waals surface area contributed by atoms with Gasteiger partial charge in [-0.2, -0.15) is 0 Å². The van der Waals surface area contributed by atoms with Crippen molar-refractivity contribution in [3.8, 4) is 5.75 Å². The molecular weight excluding hydrogens is 306 g/mol. The fraction of sp³-hybridized carbons (Fsp3) is 0.600. The summed E-state index contributed by atoms with van der Waals surface area (Å²) in [6.45, 7) is 4.33. The molecule has 0 aliphatic carbocycles. The van der Waals surface area contributed by atoms with Crippen LogP contribution in [0.25, 0.3) is 0 Å². The molecule has 1 aromatic rings. The maximum absolute atomic E-state index is 5.98. The molecule has 1 saturated heterocycles. The first-order chi connectivity index (χ1) is 9.20. The molecule has 106 valence electrons. The van der Waals surface area contributed by atoms with E-state index < -0.39 is 0 Å². The van der Waals surface area contributed by atoms with Crippen LogP contribution in [0.2, 0.25) is 0 Å². The third-order valence-corrected chi connectivity index (χ3v) is 3.90. The molecule has 4 heteroatoms. The number of rotatable bonds is 6. The molecule has 1 aromatic carbocycles. The maximum Gasteiger partial charge on any atom is 0.125 e. The molecule has 1 atom stereocenters. The number of nitrogens with two attached hydrogens (primary N) is 1. The Bertz CT molecular complexity index is 417. The minimum Gasteiger partial charge on any atom is -0.493 e. The van der Waals surface area contributed by atoms with Crippen molar-refractivity contribution in [2.75, 3.05) is 19.8 Å². The van der Waals surface area contributed by atoms with Crippen LogP contribution in [0.5, 0.6) is 5.75 Å². The second kappa shape index (κ2) is 7.27. The van der Waals surface area contributed by atoms with E-state index in [4.69, 9.17) is 15.2 Å². The Morgan fingerprint density at radius 3 is 3.00 bits per heavy atom. The SMILES string of the molecule is Cc1cc(Br)cc(CCN)c1OCCC1CCCO1. The minimum atomic E-state index is 0.383. The molecule has 19 heavy (non-hydrogen) atoms. The molecule has 0 radical (unpaired) electrons. The Morgan fingerprint density at radius 2 is 2.32 bits per heavy atom. The van der Waals surface area contributed by atoms with Gasteiger partial charge in [-0.3, -0.25) is 0 Å². The summed E-state index contributed by atoms with van der Waals surface area (Å²) in [7, 11) is 0. The highest BCUT2D eigenvalue weighted by Gasteiger charge is 2.16. The van der Waals surface area contributed by atoms with Gasteiger partial charge in [0.1, 0.15) is 5.75 Å². The highest BCUT2D eigenvalue weighted by Crippen LogP contribution is 2.29. The third kappa shape index (κ3) is 4.20. The summed E-state index contributed by atoms with van der Waals surface area (Å²) in [5, 5.41) is 0. The van der Waals surface area contributed by atoms with Crippen LogP contribution in [0, 0.1) is 6.92 Å². The summed E-state index contributed by atoms with van der Waals surface area (Å²) < 4.78 is 12.7. The summed E-state index contributed by atoms with van der Waals surface area (Å²) in [5.74, 6) is 0.992. The Balaban J connectivity index is 1.97. The van der Waals surface area contributed by atoms with Gasteiger partial charge in [0.05, 0.1) is 12.7 Å². The average Bonchev–Trinajstić information content (AvgIpc) is 2.86. The lowest BCUT2D eigenvalue weighted by Crippen LogP contribution is -2.12. The second-order valence-electron chi connectivity index (χ2n) is 5.02. The normalized spacial score (nSPS) is 18.8. The Labute approximate surface area is 123 Å². The van der Waals surface area contributed by atoms with Crippen LogP contribution in [0.4, 0.5) is 0 Å². The largest absolute Gasteiger partial charge is 0.493 e. The molecule has 0 saturated carbocycles. The van der Waals surface area contributed by atoms with E-state index in [-0.39, 0.29) is 0 Å². The highest BCUT2D eigenvalue weighted by atomic mass is 79.9. The first-order valence-electron chi connectivity index (χ1n) is 6.94. The topological polar surface area (TPSA) is 44.5 Å². The van der Waals surface area contributed by atoms with E-state index in [0.717, 1.165) is 35.2 Å².